The molecule has 9 nitrogen and oxygen atoms in total. The average Bonchev–Trinajstić information content (AvgIpc) is 3.64. The molecular formula is C29H28ClN6O3+. The zero-order chi connectivity index (χ0) is 27.4. The number of halogens is 1. The Morgan fingerprint density at radius 1 is 1.13 bits per heavy atom. The zero-order valence-corrected chi connectivity index (χ0v) is 22.0. The van der Waals surface area contributed by atoms with Crippen molar-refractivity contribution in [1.82, 2.24) is 20.1 Å². The van der Waals surface area contributed by atoms with Crippen molar-refractivity contribution in [2.45, 2.75) is 37.6 Å². The first-order chi connectivity index (χ1) is 18.8. The number of quaternary nitrogens is 1. The van der Waals surface area contributed by atoms with Crippen LogP contribution in [-0.2, 0) is 16.9 Å². The first kappa shape index (κ1) is 25.4. The van der Waals surface area contributed by atoms with Gasteiger partial charge in [0.05, 0.1) is 18.3 Å². The highest BCUT2D eigenvalue weighted by Crippen LogP contribution is 2.50. The van der Waals surface area contributed by atoms with Crippen LogP contribution in [0.3, 0.4) is 0 Å². The molecule has 2 aliphatic rings. The zero-order valence-electron chi connectivity index (χ0n) is 21.3. The van der Waals surface area contributed by atoms with Gasteiger partial charge in [0.15, 0.2) is 0 Å². The molecule has 1 aliphatic heterocycles. The molecule has 39 heavy (non-hydrogen) atoms. The maximum absolute atomic E-state index is 14.7. The number of likely N-dealkylation sites (tertiary alicyclic amines) is 1. The fraction of sp³-hybridized carbons (Fsp3) is 0.241. The summed E-state index contributed by atoms with van der Waals surface area (Å²) in [4.78, 5) is 32.8. The molecule has 10 heteroatoms. The van der Waals surface area contributed by atoms with E-state index in [4.69, 9.17) is 17.3 Å². The summed E-state index contributed by atoms with van der Waals surface area (Å²) >= 11 is 6.28. The Kier molecular flexibility index (Phi) is 6.11. The van der Waals surface area contributed by atoms with Crippen molar-refractivity contribution in [2.75, 3.05) is 6.54 Å². The van der Waals surface area contributed by atoms with E-state index in [2.05, 4.69) is 15.4 Å². The van der Waals surface area contributed by atoms with E-state index in [9.17, 15) is 14.7 Å². The minimum absolute atomic E-state index is 0.0734. The standard InChI is InChI=1S/C29H27ClN6O3/c1-18-12-21(31)15-36(18,28(38)33-14-19-13-20(30)10-11-26(19)35-17-32-16-34-35)27(37)29(39)24-8-4-2-6-22(24)23-7-3-5-9-25(23)29/h2-11,13,16-18,21,39H,12,14-15,31H2,1H3/p+1/t18?,21-,36?/m0/s1. The first-order valence-corrected chi connectivity index (χ1v) is 13.2. The molecule has 2 unspecified atom stereocenters. The predicted molar refractivity (Wildman–Crippen MR) is 146 cm³/mol. The second-order valence-corrected chi connectivity index (χ2v) is 10.7. The summed E-state index contributed by atoms with van der Waals surface area (Å²) in [5, 5.41) is 20.0. The van der Waals surface area contributed by atoms with Crippen LogP contribution in [0, 0.1) is 0 Å². The van der Waals surface area contributed by atoms with E-state index in [1.807, 2.05) is 31.2 Å². The van der Waals surface area contributed by atoms with Crippen molar-refractivity contribution in [1.29, 1.82) is 0 Å². The number of urea groups is 1. The van der Waals surface area contributed by atoms with Gasteiger partial charge in [0.1, 0.15) is 25.2 Å². The molecule has 3 amide bonds. The van der Waals surface area contributed by atoms with Gasteiger partial charge in [0.25, 0.3) is 0 Å². The van der Waals surface area contributed by atoms with Crippen molar-refractivity contribution in [2.24, 2.45) is 5.73 Å². The molecule has 6 rings (SSSR count). The smallest absolute Gasteiger partial charge is 0.369 e. The normalized spacial score (nSPS) is 22.8. The number of aliphatic hydroxyl groups is 1. The van der Waals surface area contributed by atoms with Gasteiger partial charge in [0.2, 0.25) is 5.60 Å². The molecule has 4 aromatic rings. The highest BCUT2D eigenvalue weighted by molar-refractivity contribution is 6.30. The van der Waals surface area contributed by atoms with E-state index < -0.39 is 28.1 Å². The lowest BCUT2D eigenvalue weighted by Gasteiger charge is -2.38. The molecule has 0 bridgehead atoms. The van der Waals surface area contributed by atoms with Crippen molar-refractivity contribution in [3.05, 3.63) is 101 Å². The summed E-state index contributed by atoms with van der Waals surface area (Å²) in [6.07, 6.45) is 3.43. The lowest BCUT2D eigenvalue weighted by atomic mass is 9.88. The summed E-state index contributed by atoms with van der Waals surface area (Å²) in [5.74, 6) is -0.611. The molecule has 3 atom stereocenters. The van der Waals surface area contributed by atoms with Gasteiger partial charge >= 0.3 is 11.9 Å². The minimum atomic E-state index is -2.01. The molecule has 3 aromatic carbocycles. The van der Waals surface area contributed by atoms with Crippen LogP contribution in [0.2, 0.25) is 5.02 Å². The van der Waals surface area contributed by atoms with Gasteiger partial charge in [0, 0.05) is 22.6 Å². The number of imide groups is 1. The van der Waals surface area contributed by atoms with Gasteiger partial charge in [-0.1, -0.05) is 60.1 Å². The monoisotopic (exact) mass is 543 g/mol. The summed E-state index contributed by atoms with van der Waals surface area (Å²) in [6, 6.07) is 18.5. The molecule has 2 heterocycles. The third-order valence-electron chi connectivity index (χ3n) is 8.01. The molecule has 1 aliphatic carbocycles. The number of fused-ring (bicyclic) bond motifs is 3. The fourth-order valence-electron chi connectivity index (χ4n) is 6.20. The van der Waals surface area contributed by atoms with E-state index in [0.717, 1.165) is 11.1 Å². The highest BCUT2D eigenvalue weighted by atomic mass is 35.5. The maximum Gasteiger partial charge on any atom is 0.424 e. The second-order valence-electron chi connectivity index (χ2n) is 10.3. The third kappa shape index (κ3) is 3.81. The molecule has 1 aromatic heterocycles. The van der Waals surface area contributed by atoms with E-state index in [-0.39, 0.29) is 19.1 Å². The molecule has 0 spiro atoms. The summed E-state index contributed by atoms with van der Waals surface area (Å²) in [7, 11) is 0. The van der Waals surface area contributed by atoms with Crippen LogP contribution in [0.25, 0.3) is 16.8 Å². The number of nitrogens with zero attached hydrogens (tertiary/aromatic N) is 4. The number of carbonyl (C=O) groups excluding carboxylic acids is 2. The predicted octanol–water partition coefficient (Wildman–Crippen LogP) is 3.51. The van der Waals surface area contributed by atoms with Crippen molar-refractivity contribution < 1.29 is 19.2 Å². The van der Waals surface area contributed by atoms with Crippen molar-refractivity contribution in [3.63, 3.8) is 0 Å². The summed E-state index contributed by atoms with van der Waals surface area (Å²) in [6.45, 7) is 1.99. The third-order valence-corrected chi connectivity index (χ3v) is 8.25. The number of hydrogen-bond donors (Lipinski definition) is 3. The Bertz CT molecular complexity index is 1540. The highest BCUT2D eigenvalue weighted by Gasteiger charge is 2.64. The second kappa shape index (κ2) is 9.39. The number of amides is 3. The van der Waals surface area contributed by atoms with Crippen molar-refractivity contribution >= 4 is 23.5 Å². The Hall–Kier alpha value is -3.89. The van der Waals surface area contributed by atoms with Crippen LogP contribution < -0.4 is 11.1 Å². The number of nitrogens with one attached hydrogen (secondary N) is 1. The number of carbonyl (C=O) groups is 2. The van der Waals surface area contributed by atoms with Crippen LogP contribution in [0.5, 0.6) is 0 Å². The molecule has 198 valence electrons. The Labute approximate surface area is 230 Å². The van der Waals surface area contributed by atoms with E-state index in [0.29, 0.717) is 33.8 Å². The molecule has 4 N–H and O–H groups in total. The Morgan fingerprint density at radius 2 is 1.79 bits per heavy atom. The SMILES string of the molecule is CC1C[C@H](N)C[N+]1(C(=O)NCc1cc(Cl)ccc1-n1cncn1)C(=O)C1(O)c2ccccc2-c2ccccc21. The van der Waals surface area contributed by atoms with Gasteiger partial charge in [-0.05, 0) is 41.8 Å². The number of benzene rings is 3. The number of hydrogen-bond acceptors (Lipinski definition) is 6. The summed E-state index contributed by atoms with van der Waals surface area (Å²) < 4.78 is 0.955. The van der Waals surface area contributed by atoms with Gasteiger partial charge in [-0.25, -0.2) is 19.3 Å². The van der Waals surface area contributed by atoms with Crippen LogP contribution in [0.4, 0.5) is 4.79 Å². The molecule has 1 saturated heterocycles. The molecule has 1 fully saturated rings. The maximum atomic E-state index is 14.7. The van der Waals surface area contributed by atoms with E-state index >= 15 is 0 Å². The van der Waals surface area contributed by atoms with Crippen LogP contribution >= 0.6 is 11.6 Å². The van der Waals surface area contributed by atoms with Gasteiger partial charge in [-0.3, -0.25) is 0 Å². The van der Waals surface area contributed by atoms with Crippen LogP contribution in [0.15, 0.2) is 79.4 Å². The Balaban J connectivity index is 1.40. The molecular weight excluding hydrogens is 516 g/mol. The van der Waals surface area contributed by atoms with Crippen LogP contribution in [-0.4, -0.2) is 54.9 Å². The minimum Gasteiger partial charge on any atom is -0.369 e. The quantitative estimate of drug-likeness (QED) is 0.338. The van der Waals surface area contributed by atoms with Crippen molar-refractivity contribution in [3.8, 4) is 16.8 Å². The van der Waals surface area contributed by atoms with E-state index in [1.54, 1.807) is 53.5 Å². The fourth-order valence-corrected chi connectivity index (χ4v) is 6.39. The number of rotatable bonds is 4. The average molecular weight is 544 g/mol. The van der Waals surface area contributed by atoms with Gasteiger partial charge in [-0.2, -0.15) is 9.58 Å². The van der Waals surface area contributed by atoms with E-state index in [1.165, 1.54) is 6.33 Å². The Morgan fingerprint density at radius 3 is 2.38 bits per heavy atom. The topological polar surface area (TPSA) is 123 Å². The number of aromatic nitrogens is 3. The lowest BCUT2D eigenvalue weighted by Crippen LogP contribution is -2.68. The lowest BCUT2D eigenvalue weighted by molar-refractivity contribution is -0.789. The number of nitrogens with two attached hydrogens (primary N) is 1. The first-order valence-electron chi connectivity index (χ1n) is 12.8. The largest absolute Gasteiger partial charge is 0.424 e. The molecule has 0 radical (unpaired) electrons. The van der Waals surface area contributed by atoms with Gasteiger partial charge in [-0.15, -0.1) is 0 Å². The summed E-state index contributed by atoms with van der Waals surface area (Å²) in [5.41, 5.74) is 8.22. The van der Waals surface area contributed by atoms with Crippen LogP contribution in [0.1, 0.15) is 30.0 Å². The van der Waals surface area contributed by atoms with Gasteiger partial charge < -0.3 is 16.2 Å². The molecule has 0 saturated carbocycles.